The highest BCUT2D eigenvalue weighted by Gasteiger charge is 2.30. The van der Waals surface area contributed by atoms with E-state index >= 15 is 0 Å². The van der Waals surface area contributed by atoms with Gasteiger partial charge in [-0.3, -0.25) is 4.90 Å². The van der Waals surface area contributed by atoms with Crippen LogP contribution in [0.4, 0.5) is 0 Å². The van der Waals surface area contributed by atoms with E-state index in [1.54, 1.807) is 7.11 Å². The molecule has 1 aliphatic rings. The number of nitrogens with two attached hydrogens (primary N) is 1. The monoisotopic (exact) mass is 262 g/mol. The van der Waals surface area contributed by atoms with Gasteiger partial charge in [0.15, 0.2) is 0 Å². The molecule has 2 N–H and O–H groups in total. The van der Waals surface area contributed by atoms with Gasteiger partial charge in [-0.2, -0.15) is 0 Å². The molecule has 1 aliphatic heterocycles. The third-order valence-electron chi connectivity index (χ3n) is 4.47. The topological polar surface area (TPSA) is 38.5 Å². The van der Waals surface area contributed by atoms with Crippen LogP contribution in [0.2, 0.25) is 0 Å². The van der Waals surface area contributed by atoms with Crippen LogP contribution in [0.3, 0.4) is 0 Å². The number of nitrogens with zero attached hydrogens (tertiary/aromatic N) is 1. The largest absolute Gasteiger partial charge is 0.374 e. The van der Waals surface area contributed by atoms with Gasteiger partial charge in [-0.1, -0.05) is 24.3 Å². The molecule has 0 amide bonds. The fraction of sp³-hybridized carbons (Fsp3) is 0.625. The summed E-state index contributed by atoms with van der Waals surface area (Å²) in [4.78, 5) is 2.41. The summed E-state index contributed by atoms with van der Waals surface area (Å²) in [5.41, 5.74) is 8.17. The Hall–Kier alpha value is -0.900. The van der Waals surface area contributed by atoms with Gasteiger partial charge in [-0.15, -0.1) is 0 Å². The van der Waals surface area contributed by atoms with Crippen molar-refractivity contribution in [3.8, 4) is 0 Å². The van der Waals surface area contributed by atoms with E-state index in [0.717, 1.165) is 13.1 Å². The highest BCUT2D eigenvalue weighted by atomic mass is 16.5. The van der Waals surface area contributed by atoms with Gasteiger partial charge in [0.05, 0.1) is 5.60 Å². The van der Waals surface area contributed by atoms with E-state index in [1.165, 1.54) is 17.5 Å². The lowest BCUT2D eigenvalue weighted by Gasteiger charge is -2.25. The average Bonchev–Trinajstić information content (AvgIpc) is 2.80. The molecule has 2 rings (SSSR count). The summed E-state index contributed by atoms with van der Waals surface area (Å²) < 4.78 is 5.52. The molecule has 3 heteroatoms. The number of likely N-dealkylation sites (tertiary alicyclic amines) is 1. The molecule has 3 nitrogen and oxygen atoms in total. The van der Waals surface area contributed by atoms with Crippen molar-refractivity contribution in [3.05, 3.63) is 35.4 Å². The number of hydrogen-bond donors (Lipinski definition) is 1. The van der Waals surface area contributed by atoms with Crippen molar-refractivity contribution in [1.82, 2.24) is 4.90 Å². The fourth-order valence-corrected chi connectivity index (χ4v) is 2.89. The van der Waals surface area contributed by atoms with Gasteiger partial charge in [-0.05, 0) is 50.9 Å². The van der Waals surface area contributed by atoms with Gasteiger partial charge < -0.3 is 10.5 Å². The number of ether oxygens (including phenoxy) is 1. The van der Waals surface area contributed by atoms with Crippen molar-refractivity contribution in [2.75, 3.05) is 27.2 Å². The maximum atomic E-state index is 5.79. The summed E-state index contributed by atoms with van der Waals surface area (Å²) in [6, 6.07) is 9.34. The fourth-order valence-electron chi connectivity index (χ4n) is 2.89. The summed E-state index contributed by atoms with van der Waals surface area (Å²) in [5.74, 6) is 0.630. The first-order valence-corrected chi connectivity index (χ1v) is 7.04. The molecule has 2 atom stereocenters. The van der Waals surface area contributed by atoms with Crippen molar-refractivity contribution in [1.29, 1.82) is 0 Å². The van der Waals surface area contributed by atoms with E-state index in [9.17, 15) is 0 Å². The summed E-state index contributed by atoms with van der Waals surface area (Å²) in [5, 5.41) is 0. The SMILES string of the molecule is COC(C)(C)c1ccc(C2CC(CN)CN2C)cc1. The molecule has 0 aliphatic carbocycles. The molecule has 0 radical (unpaired) electrons. The first-order chi connectivity index (χ1) is 8.97. The van der Waals surface area contributed by atoms with E-state index < -0.39 is 0 Å². The zero-order valence-corrected chi connectivity index (χ0v) is 12.5. The molecule has 0 spiro atoms. The molecular weight excluding hydrogens is 236 g/mol. The Kier molecular flexibility index (Phi) is 4.29. The van der Waals surface area contributed by atoms with Gasteiger partial charge in [0.25, 0.3) is 0 Å². The van der Waals surface area contributed by atoms with E-state index in [0.29, 0.717) is 12.0 Å². The Labute approximate surface area is 116 Å². The van der Waals surface area contributed by atoms with Crippen LogP contribution in [-0.2, 0) is 10.3 Å². The molecule has 2 unspecified atom stereocenters. The van der Waals surface area contributed by atoms with Gasteiger partial charge >= 0.3 is 0 Å². The van der Waals surface area contributed by atoms with Crippen molar-refractivity contribution in [3.63, 3.8) is 0 Å². The van der Waals surface area contributed by atoms with Crippen LogP contribution in [0.5, 0.6) is 0 Å². The van der Waals surface area contributed by atoms with Gasteiger partial charge in [0.2, 0.25) is 0 Å². The van der Waals surface area contributed by atoms with Gasteiger partial charge in [0.1, 0.15) is 0 Å². The quantitative estimate of drug-likeness (QED) is 0.906. The third kappa shape index (κ3) is 2.99. The number of rotatable bonds is 4. The normalized spacial score (nSPS) is 24.9. The molecule has 19 heavy (non-hydrogen) atoms. The van der Waals surface area contributed by atoms with Crippen LogP contribution in [0, 0.1) is 5.92 Å². The molecule has 0 saturated carbocycles. The Morgan fingerprint density at radius 2 is 1.95 bits per heavy atom. The average molecular weight is 262 g/mol. The maximum Gasteiger partial charge on any atom is 0.0871 e. The van der Waals surface area contributed by atoms with E-state index in [1.807, 2.05) is 0 Å². The van der Waals surface area contributed by atoms with Crippen LogP contribution in [0.15, 0.2) is 24.3 Å². The van der Waals surface area contributed by atoms with Crippen LogP contribution in [-0.4, -0.2) is 32.1 Å². The van der Waals surface area contributed by atoms with Crippen molar-refractivity contribution in [2.24, 2.45) is 11.7 Å². The zero-order chi connectivity index (χ0) is 14.0. The molecule has 0 aromatic heterocycles. The molecule has 0 bridgehead atoms. The highest BCUT2D eigenvalue weighted by Crippen LogP contribution is 2.34. The first-order valence-electron chi connectivity index (χ1n) is 7.04. The number of methoxy groups -OCH3 is 1. The summed E-state index contributed by atoms with van der Waals surface area (Å²) in [6.07, 6.45) is 1.17. The molecular formula is C16H26N2O. The Balaban J connectivity index is 2.15. The minimum absolute atomic E-state index is 0.222. The van der Waals surface area contributed by atoms with E-state index in [2.05, 4.69) is 50.1 Å². The predicted octanol–water partition coefficient (Wildman–Crippen LogP) is 2.52. The first kappa shape index (κ1) is 14.5. The second-order valence-electron chi connectivity index (χ2n) is 6.13. The predicted molar refractivity (Wildman–Crippen MR) is 79.0 cm³/mol. The molecule has 106 valence electrons. The molecule has 1 aromatic carbocycles. The summed E-state index contributed by atoms with van der Waals surface area (Å²) in [6.45, 7) is 6.07. The maximum absolute atomic E-state index is 5.79. The highest BCUT2D eigenvalue weighted by molar-refractivity contribution is 5.29. The molecule has 1 saturated heterocycles. The minimum atomic E-state index is -0.222. The molecule has 1 fully saturated rings. The Bertz CT molecular complexity index is 413. The van der Waals surface area contributed by atoms with Crippen LogP contribution < -0.4 is 5.73 Å². The van der Waals surface area contributed by atoms with Crippen molar-refractivity contribution >= 4 is 0 Å². The smallest absolute Gasteiger partial charge is 0.0871 e. The third-order valence-corrected chi connectivity index (χ3v) is 4.47. The summed E-state index contributed by atoms with van der Waals surface area (Å²) >= 11 is 0. The lowest BCUT2D eigenvalue weighted by atomic mass is 9.94. The minimum Gasteiger partial charge on any atom is -0.374 e. The van der Waals surface area contributed by atoms with E-state index in [4.69, 9.17) is 10.5 Å². The second-order valence-corrected chi connectivity index (χ2v) is 6.13. The van der Waals surface area contributed by atoms with Crippen LogP contribution in [0.1, 0.15) is 37.4 Å². The standard InChI is InChI=1S/C16H26N2O/c1-16(2,19-4)14-7-5-13(6-8-14)15-9-12(10-17)11-18(15)3/h5-8,12,15H,9-11,17H2,1-4H3. The van der Waals surface area contributed by atoms with Gasteiger partial charge in [-0.25, -0.2) is 0 Å². The van der Waals surface area contributed by atoms with Crippen LogP contribution >= 0.6 is 0 Å². The van der Waals surface area contributed by atoms with E-state index in [-0.39, 0.29) is 5.60 Å². The molecule has 1 aromatic rings. The van der Waals surface area contributed by atoms with Crippen molar-refractivity contribution in [2.45, 2.75) is 31.9 Å². The Morgan fingerprint density at radius 1 is 1.32 bits per heavy atom. The second kappa shape index (κ2) is 5.61. The number of benzene rings is 1. The lowest BCUT2D eigenvalue weighted by molar-refractivity contribution is 0.0192. The van der Waals surface area contributed by atoms with Crippen molar-refractivity contribution < 1.29 is 4.74 Å². The Morgan fingerprint density at radius 3 is 2.42 bits per heavy atom. The number of hydrogen-bond acceptors (Lipinski definition) is 3. The summed E-state index contributed by atoms with van der Waals surface area (Å²) in [7, 11) is 3.94. The molecule has 1 heterocycles. The lowest BCUT2D eigenvalue weighted by Crippen LogP contribution is -2.21. The van der Waals surface area contributed by atoms with Crippen LogP contribution in [0.25, 0.3) is 0 Å². The van der Waals surface area contributed by atoms with Gasteiger partial charge in [0, 0.05) is 19.7 Å². The zero-order valence-electron chi connectivity index (χ0n) is 12.5.